The van der Waals surface area contributed by atoms with E-state index in [1.807, 2.05) is 0 Å². The highest BCUT2D eigenvalue weighted by atomic mass is 16.5. The zero-order valence-electron chi connectivity index (χ0n) is 11.7. The van der Waals surface area contributed by atoms with E-state index in [9.17, 15) is 0 Å². The van der Waals surface area contributed by atoms with Crippen molar-refractivity contribution >= 4 is 0 Å². The van der Waals surface area contributed by atoms with Crippen LogP contribution in [0.15, 0.2) is 18.2 Å². The normalized spacial score (nSPS) is 26.2. The highest BCUT2D eigenvalue weighted by Gasteiger charge is 2.22. The fourth-order valence-electron chi connectivity index (χ4n) is 3.18. The monoisotopic (exact) mass is 261 g/mol. The van der Waals surface area contributed by atoms with Crippen molar-refractivity contribution in [2.24, 2.45) is 5.92 Å². The van der Waals surface area contributed by atoms with Gasteiger partial charge in [0.1, 0.15) is 5.75 Å². The zero-order valence-corrected chi connectivity index (χ0v) is 11.7. The minimum Gasteiger partial charge on any atom is -0.497 e. The number of nitrogens with one attached hydrogen (secondary N) is 1. The van der Waals surface area contributed by atoms with E-state index in [0.29, 0.717) is 12.0 Å². The highest BCUT2D eigenvalue weighted by molar-refractivity contribution is 5.39. The van der Waals surface area contributed by atoms with Crippen LogP contribution in [-0.2, 0) is 11.2 Å². The van der Waals surface area contributed by atoms with Gasteiger partial charge in [0.05, 0.1) is 13.7 Å². The fraction of sp³-hybridized carbons (Fsp3) is 0.625. The molecular formula is C16H23NO2. The van der Waals surface area contributed by atoms with Crippen LogP contribution >= 0.6 is 0 Å². The standard InChI is InChI=1S/C16H23NO2/c1-18-14-5-6-15-13(9-14)3-2-4-16(15)17-10-12-7-8-19-11-12/h5-6,9,12,16-17H,2-4,7-8,10-11H2,1H3. The predicted octanol–water partition coefficient (Wildman–Crippen LogP) is 2.70. The van der Waals surface area contributed by atoms with E-state index in [2.05, 4.69) is 23.5 Å². The van der Waals surface area contributed by atoms with Crippen LogP contribution in [0.3, 0.4) is 0 Å². The highest BCUT2D eigenvalue weighted by Crippen LogP contribution is 2.32. The minimum atomic E-state index is 0.509. The summed E-state index contributed by atoms with van der Waals surface area (Å²) in [5, 5.41) is 3.74. The first-order valence-corrected chi connectivity index (χ1v) is 7.35. The number of hydrogen-bond donors (Lipinski definition) is 1. The minimum absolute atomic E-state index is 0.509. The first-order chi connectivity index (χ1) is 9.36. The molecule has 2 aliphatic rings. The van der Waals surface area contributed by atoms with Gasteiger partial charge in [0, 0.05) is 19.2 Å². The molecule has 1 aliphatic carbocycles. The van der Waals surface area contributed by atoms with E-state index in [-0.39, 0.29) is 0 Å². The lowest BCUT2D eigenvalue weighted by Gasteiger charge is -2.27. The first-order valence-electron chi connectivity index (χ1n) is 7.35. The van der Waals surface area contributed by atoms with Crippen LogP contribution in [0, 0.1) is 5.92 Å². The Morgan fingerprint density at radius 1 is 1.37 bits per heavy atom. The molecule has 0 saturated carbocycles. The van der Waals surface area contributed by atoms with E-state index in [1.54, 1.807) is 7.11 Å². The van der Waals surface area contributed by atoms with Gasteiger partial charge in [0.25, 0.3) is 0 Å². The third-order valence-electron chi connectivity index (χ3n) is 4.34. The summed E-state index contributed by atoms with van der Waals surface area (Å²) < 4.78 is 10.8. The van der Waals surface area contributed by atoms with Gasteiger partial charge in [-0.1, -0.05) is 6.07 Å². The Kier molecular flexibility index (Phi) is 4.04. The number of rotatable bonds is 4. The second-order valence-corrected chi connectivity index (χ2v) is 5.65. The van der Waals surface area contributed by atoms with Gasteiger partial charge in [-0.05, 0) is 54.9 Å². The molecule has 3 heteroatoms. The molecule has 1 saturated heterocycles. The molecule has 1 aromatic rings. The Hall–Kier alpha value is -1.06. The van der Waals surface area contributed by atoms with Gasteiger partial charge in [-0.3, -0.25) is 0 Å². The molecule has 1 aliphatic heterocycles. The van der Waals surface area contributed by atoms with Crippen molar-refractivity contribution in [2.75, 3.05) is 26.9 Å². The van der Waals surface area contributed by atoms with Crippen LogP contribution in [0.25, 0.3) is 0 Å². The Morgan fingerprint density at radius 2 is 2.32 bits per heavy atom. The average molecular weight is 261 g/mol. The quantitative estimate of drug-likeness (QED) is 0.904. The number of hydrogen-bond acceptors (Lipinski definition) is 3. The van der Waals surface area contributed by atoms with Gasteiger partial charge in [-0.15, -0.1) is 0 Å². The summed E-state index contributed by atoms with van der Waals surface area (Å²) in [6, 6.07) is 7.02. The van der Waals surface area contributed by atoms with E-state index < -0.39 is 0 Å². The molecule has 1 N–H and O–H groups in total. The summed E-state index contributed by atoms with van der Waals surface area (Å²) in [4.78, 5) is 0. The third-order valence-corrected chi connectivity index (χ3v) is 4.34. The van der Waals surface area contributed by atoms with Crippen molar-refractivity contribution < 1.29 is 9.47 Å². The van der Waals surface area contributed by atoms with Crippen LogP contribution in [0.5, 0.6) is 5.75 Å². The topological polar surface area (TPSA) is 30.5 Å². The number of aryl methyl sites for hydroxylation is 1. The van der Waals surface area contributed by atoms with Crippen LogP contribution in [0.4, 0.5) is 0 Å². The van der Waals surface area contributed by atoms with Gasteiger partial charge in [0.15, 0.2) is 0 Å². The number of ether oxygens (including phenoxy) is 2. The number of benzene rings is 1. The predicted molar refractivity (Wildman–Crippen MR) is 75.6 cm³/mol. The second kappa shape index (κ2) is 5.93. The van der Waals surface area contributed by atoms with Gasteiger partial charge in [-0.25, -0.2) is 0 Å². The molecule has 0 amide bonds. The average Bonchev–Trinajstić information content (AvgIpc) is 2.97. The van der Waals surface area contributed by atoms with Crippen LogP contribution in [0.2, 0.25) is 0 Å². The molecule has 1 heterocycles. The zero-order chi connectivity index (χ0) is 13.1. The third kappa shape index (κ3) is 2.93. The molecule has 0 bridgehead atoms. The van der Waals surface area contributed by atoms with Crippen LogP contribution in [-0.4, -0.2) is 26.9 Å². The van der Waals surface area contributed by atoms with Crippen molar-refractivity contribution in [2.45, 2.75) is 31.7 Å². The van der Waals surface area contributed by atoms with Crippen molar-refractivity contribution in [1.29, 1.82) is 0 Å². The van der Waals surface area contributed by atoms with Crippen molar-refractivity contribution in [3.05, 3.63) is 29.3 Å². The number of fused-ring (bicyclic) bond motifs is 1. The van der Waals surface area contributed by atoms with Crippen LogP contribution < -0.4 is 10.1 Å². The van der Waals surface area contributed by atoms with E-state index in [1.165, 1.54) is 36.8 Å². The summed E-state index contributed by atoms with van der Waals surface area (Å²) in [5.41, 5.74) is 2.91. The van der Waals surface area contributed by atoms with Crippen molar-refractivity contribution in [1.82, 2.24) is 5.32 Å². The fourth-order valence-corrected chi connectivity index (χ4v) is 3.18. The summed E-state index contributed by atoms with van der Waals surface area (Å²) in [6.45, 7) is 2.94. The molecule has 104 valence electrons. The Morgan fingerprint density at radius 3 is 3.11 bits per heavy atom. The van der Waals surface area contributed by atoms with Crippen molar-refractivity contribution in [3.63, 3.8) is 0 Å². The molecule has 0 radical (unpaired) electrons. The molecule has 19 heavy (non-hydrogen) atoms. The van der Waals surface area contributed by atoms with E-state index >= 15 is 0 Å². The molecule has 2 atom stereocenters. The summed E-state index contributed by atoms with van der Waals surface area (Å²) in [6.07, 6.45) is 4.89. The molecule has 3 rings (SSSR count). The van der Waals surface area contributed by atoms with Crippen molar-refractivity contribution in [3.8, 4) is 5.75 Å². The SMILES string of the molecule is COc1ccc2c(c1)CCCC2NCC1CCOC1. The van der Waals surface area contributed by atoms with E-state index in [0.717, 1.165) is 25.5 Å². The molecule has 0 spiro atoms. The molecule has 1 fully saturated rings. The largest absolute Gasteiger partial charge is 0.497 e. The number of methoxy groups -OCH3 is 1. The maximum atomic E-state index is 5.44. The smallest absolute Gasteiger partial charge is 0.119 e. The molecule has 2 unspecified atom stereocenters. The molecule has 3 nitrogen and oxygen atoms in total. The van der Waals surface area contributed by atoms with Crippen LogP contribution in [0.1, 0.15) is 36.4 Å². The van der Waals surface area contributed by atoms with Gasteiger partial charge < -0.3 is 14.8 Å². The summed E-state index contributed by atoms with van der Waals surface area (Å²) in [7, 11) is 1.74. The van der Waals surface area contributed by atoms with Gasteiger partial charge >= 0.3 is 0 Å². The molecular weight excluding hydrogens is 238 g/mol. The summed E-state index contributed by atoms with van der Waals surface area (Å²) >= 11 is 0. The molecule has 1 aromatic carbocycles. The maximum absolute atomic E-state index is 5.44. The lowest BCUT2D eigenvalue weighted by molar-refractivity contribution is 0.184. The summed E-state index contributed by atoms with van der Waals surface area (Å²) in [5.74, 6) is 1.67. The maximum Gasteiger partial charge on any atom is 0.119 e. The first kappa shape index (κ1) is 12.9. The van der Waals surface area contributed by atoms with Gasteiger partial charge in [-0.2, -0.15) is 0 Å². The Balaban J connectivity index is 1.67. The molecule has 0 aromatic heterocycles. The van der Waals surface area contributed by atoms with Gasteiger partial charge in [0.2, 0.25) is 0 Å². The Bertz CT molecular complexity index is 427. The van der Waals surface area contributed by atoms with E-state index in [4.69, 9.17) is 9.47 Å². The second-order valence-electron chi connectivity index (χ2n) is 5.65. The lowest BCUT2D eigenvalue weighted by Crippen LogP contribution is -2.30. The lowest BCUT2D eigenvalue weighted by atomic mass is 9.87. The Labute approximate surface area is 115 Å².